The molecule has 12 nitrogen and oxygen atoms in total. The number of carbonyl (C=O) groups excluding carboxylic acids is 4. The molecule has 0 unspecified atom stereocenters. The Hall–Kier alpha value is -6.30. The number of hydrazone groups is 2. The van der Waals surface area contributed by atoms with Gasteiger partial charge in [0.15, 0.2) is 0 Å². The summed E-state index contributed by atoms with van der Waals surface area (Å²) >= 11 is 0. The summed E-state index contributed by atoms with van der Waals surface area (Å²) < 4.78 is 0. The Morgan fingerprint density at radius 2 is 0.808 bits per heavy atom. The third kappa shape index (κ3) is 13.9. The molecule has 0 aromatic heterocycles. The molecule has 0 bridgehead atoms. The van der Waals surface area contributed by atoms with Crippen molar-refractivity contribution in [2.75, 3.05) is 10.6 Å². The van der Waals surface area contributed by atoms with E-state index in [9.17, 15) is 29.4 Å². The first-order valence-electron chi connectivity index (χ1n) is 17.3. The Bertz CT molecular complexity index is 1710. The van der Waals surface area contributed by atoms with Gasteiger partial charge in [0, 0.05) is 25.7 Å². The molecule has 6 N–H and O–H groups in total. The van der Waals surface area contributed by atoms with Crippen LogP contribution in [0.1, 0.15) is 75.3 Å². The summed E-state index contributed by atoms with van der Waals surface area (Å²) in [7, 11) is 0. The summed E-state index contributed by atoms with van der Waals surface area (Å²) in [6.45, 7) is 0. The van der Waals surface area contributed by atoms with Crippen molar-refractivity contribution >= 4 is 47.4 Å². The fraction of sp³-hybridized carbons (Fsp3) is 0.250. The normalized spacial score (nSPS) is 11.0. The average Bonchev–Trinajstić information content (AvgIpc) is 3.14. The van der Waals surface area contributed by atoms with Crippen LogP contribution in [0, 0.1) is 0 Å². The fourth-order valence-corrected chi connectivity index (χ4v) is 5.07. The molecule has 0 aliphatic carbocycles. The molecule has 0 fully saturated rings. The van der Waals surface area contributed by atoms with Crippen LogP contribution in [-0.4, -0.2) is 46.3 Å². The number of anilines is 2. The minimum absolute atomic E-state index is 0.0251. The van der Waals surface area contributed by atoms with Gasteiger partial charge in [-0.3, -0.25) is 19.2 Å². The van der Waals surface area contributed by atoms with E-state index in [1.165, 1.54) is 12.1 Å². The molecule has 0 atom stereocenters. The van der Waals surface area contributed by atoms with Gasteiger partial charge >= 0.3 is 0 Å². The van der Waals surface area contributed by atoms with Crippen molar-refractivity contribution in [1.82, 2.24) is 10.9 Å². The molecule has 4 aromatic carbocycles. The van der Waals surface area contributed by atoms with E-state index in [0.29, 0.717) is 75.6 Å². The van der Waals surface area contributed by atoms with Crippen LogP contribution in [0.25, 0.3) is 11.1 Å². The lowest BCUT2D eigenvalue weighted by molar-refractivity contribution is -0.122. The molecule has 0 saturated carbocycles. The predicted molar refractivity (Wildman–Crippen MR) is 203 cm³/mol. The van der Waals surface area contributed by atoms with Crippen molar-refractivity contribution in [2.24, 2.45) is 10.2 Å². The van der Waals surface area contributed by atoms with Crippen LogP contribution < -0.4 is 21.5 Å². The maximum atomic E-state index is 12.1. The van der Waals surface area contributed by atoms with Gasteiger partial charge in [-0.05, 0) is 72.2 Å². The molecule has 4 amide bonds. The highest BCUT2D eigenvalue weighted by Gasteiger charge is 2.08. The molecule has 0 spiro atoms. The maximum Gasteiger partial charge on any atom is 0.240 e. The quantitative estimate of drug-likeness (QED) is 0.0269. The molecule has 270 valence electrons. The molecule has 4 rings (SSSR count). The Morgan fingerprint density at radius 3 is 1.17 bits per heavy atom. The fourth-order valence-electron chi connectivity index (χ4n) is 5.07. The molecule has 4 aromatic rings. The highest BCUT2D eigenvalue weighted by atomic mass is 16.3. The summed E-state index contributed by atoms with van der Waals surface area (Å²) in [4.78, 5) is 48.3. The molecule has 0 heterocycles. The van der Waals surface area contributed by atoms with Crippen molar-refractivity contribution in [2.45, 2.75) is 64.2 Å². The number of benzene rings is 4. The number of nitrogens with zero attached hydrogens (tertiary/aromatic N) is 2. The highest BCUT2D eigenvalue weighted by Crippen LogP contribution is 2.23. The molecule has 0 aliphatic heterocycles. The number of carbonyl (C=O) groups is 4. The van der Waals surface area contributed by atoms with E-state index in [1.54, 1.807) is 48.8 Å². The zero-order chi connectivity index (χ0) is 37.0. The van der Waals surface area contributed by atoms with Gasteiger partial charge in [0.25, 0.3) is 0 Å². The molecule has 0 radical (unpaired) electrons. The van der Waals surface area contributed by atoms with Gasteiger partial charge in [-0.2, -0.15) is 10.2 Å². The van der Waals surface area contributed by atoms with Crippen LogP contribution in [0.4, 0.5) is 11.4 Å². The van der Waals surface area contributed by atoms with Gasteiger partial charge in [-0.1, -0.05) is 85.6 Å². The summed E-state index contributed by atoms with van der Waals surface area (Å²) in [5, 5.41) is 32.9. The van der Waals surface area contributed by atoms with Gasteiger partial charge in [0.2, 0.25) is 23.6 Å². The SMILES string of the molecule is O=C(CCCCCC(=O)Nc1ccccc1O)N/N=C/c1ccc(-c2ccc(/C=N/NC(=O)CCCCCC(=O)Nc3ccccc3O)cc2)cc1. The van der Waals surface area contributed by atoms with E-state index in [0.717, 1.165) is 22.3 Å². The van der Waals surface area contributed by atoms with Gasteiger partial charge in [0.1, 0.15) is 11.5 Å². The molecular formula is C40H44N6O6. The van der Waals surface area contributed by atoms with Gasteiger partial charge in [-0.15, -0.1) is 0 Å². The standard InChI is InChI=1S/C40H44N6O6/c47-35-13-9-7-11-33(35)43-37(49)15-3-1-5-17-39(51)45-41-27-29-19-23-31(24-20-29)32-25-21-30(22-26-32)28-42-46-40(52)18-6-2-4-16-38(50)44-34-12-8-10-14-36(34)48/h7-14,19-28,47-48H,1-6,15-18H2,(H,43,49)(H,44,50)(H,45,51)(H,46,52)/b41-27+,42-28+. The minimum atomic E-state index is -0.198. The first kappa shape index (κ1) is 38.5. The zero-order valence-corrected chi connectivity index (χ0v) is 28.9. The smallest absolute Gasteiger partial charge is 0.240 e. The number of aromatic hydroxyl groups is 2. The topological polar surface area (TPSA) is 182 Å². The molecular weight excluding hydrogens is 660 g/mol. The second-order valence-corrected chi connectivity index (χ2v) is 12.1. The Balaban J connectivity index is 1.06. The van der Waals surface area contributed by atoms with E-state index < -0.39 is 0 Å². The van der Waals surface area contributed by atoms with E-state index in [2.05, 4.69) is 31.7 Å². The number of rotatable bonds is 19. The minimum Gasteiger partial charge on any atom is -0.506 e. The predicted octanol–water partition coefficient (Wildman–Crippen LogP) is 6.84. The van der Waals surface area contributed by atoms with E-state index in [-0.39, 0.29) is 35.1 Å². The second-order valence-electron chi connectivity index (χ2n) is 12.1. The van der Waals surface area contributed by atoms with Gasteiger partial charge in [-0.25, -0.2) is 10.9 Å². The summed E-state index contributed by atoms with van der Waals surface area (Å²) in [6, 6.07) is 28.6. The number of unbranched alkanes of at least 4 members (excludes halogenated alkanes) is 4. The maximum absolute atomic E-state index is 12.1. The number of hydrogen-bond acceptors (Lipinski definition) is 8. The first-order chi connectivity index (χ1) is 25.3. The van der Waals surface area contributed by atoms with Crippen molar-refractivity contribution in [1.29, 1.82) is 0 Å². The lowest BCUT2D eigenvalue weighted by Gasteiger charge is -2.06. The largest absolute Gasteiger partial charge is 0.506 e. The highest BCUT2D eigenvalue weighted by molar-refractivity contribution is 5.93. The third-order valence-corrected chi connectivity index (χ3v) is 7.93. The number of para-hydroxylation sites is 4. The summed E-state index contributed by atoms with van der Waals surface area (Å²) in [6.07, 6.45) is 8.34. The van der Waals surface area contributed by atoms with Crippen molar-refractivity contribution in [3.05, 3.63) is 108 Å². The lowest BCUT2D eigenvalue weighted by atomic mass is 10.0. The number of phenolic OH excluding ortho intramolecular Hbond substituents is 2. The number of phenols is 2. The van der Waals surface area contributed by atoms with Crippen molar-refractivity contribution in [3.8, 4) is 22.6 Å². The van der Waals surface area contributed by atoms with Crippen LogP contribution in [-0.2, 0) is 19.2 Å². The lowest BCUT2D eigenvalue weighted by Crippen LogP contribution is -2.17. The Kier molecular flexibility index (Phi) is 15.6. The monoisotopic (exact) mass is 704 g/mol. The number of hydrogen-bond donors (Lipinski definition) is 6. The van der Waals surface area contributed by atoms with E-state index >= 15 is 0 Å². The molecule has 0 saturated heterocycles. The van der Waals surface area contributed by atoms with Crippen molar-refractivity contribution in [3.63, 3.8) is 0 Å². The molecule has 0 aliphatic rings. The number of nitrogens with one attached hydrogen (secondary N) is 4. The van der Waals surface area contributed by atoms with Crippen LogP contribution in [0.15, 0.2) is 107 Å². The molecule has 12 heteroatoms. The van der Waals surface area contributed by atoms with Crippen LogP contribution in [0.3, 0.4) is 0 Å². The van der Waals surface area contributed by atoms with Gasteiger partial charge in [0.05, 0.1) is 23.8 Å². The Labute approximate surface area is 303 Å². The van der Waals surface area contributed by atoms with Crippen molar-refractivity contribution < 1.29 is 29.4 Å². The van der Waals surface area contributed by atoms with Gasteiger partial charge < -0.3 is 20.8 Å². The summed E-state index contributed by atoms with van der Waals surface area (Å²) in [5.41, 5.74) is 9.50. The van der Waals surface area contributed by atoms with Crippen LogP contribution in [0.5, 0.6) is 11.5 Å². The zero-order valence-electron chi connectivity index (χ0n) is 28.9. The third-order valence-electron chi connectivity index (χ3n) is 7.93. The second kappa shape index (κ2) is 21.0. The first-order valence-corrected chi connectivity index (χ1v) is 17.3. The van der Waals surface area contributed by atoms with Crippen LogP contribution in [0.2, 0.25) is 0 Å². The Morgan fingerprint density at radius 1 is 0.462 bits per heavy atom. The average molecular weight is 705 g/mol. The number of amides is 4. The molecule has 52 heavy (non-hydrogen) atoms. The van der Waals surface area contributed by atoms with E-state index in [4.69, 9.17) is 0 Å². The summed E-state index contributed by atoms with van der Waals surface area (Å²) in [5.74, 6) is -0.708. The van der Waals surface area contributed by atoms with E-state index in [1.807, 2.05) is 48.5 Å². The van der Waals surface area contributed by atoms with Crippen LogP contribution >= 0.6 is 0 Å².